The van der Waals surface area contributed by atoms with Crippen molar-refractivity contribution in [3.63, 3.8) is 0 Å². The third kappa shape index (κ3) is 2.07. The lowest BCUT2D eigenvalue weighted by molar-refractivity contribution is 1.05. The van der Waals surface area contributed by atoms with E-state index < -0.39 is 0 Å². The molecule has 0 aliphatic heterocycles. The number of nitrogens with two attached hydrogens (primary N) is 1. The number of rotatable bonds is 2. The van der Waals surface area contributed by atoms with Crippen LogP contribution in [0.1, 0.15) is 10.7 Å². The molecule has 0 atom stereocenters. The summed E-state index contributed by atoms with van der Waals surface area (Å²) in [5, 5.41) is 1.22. The molecule has 0 aliphatic carbocycles. The number of hydrogen-bond donors (Lipinski definition) is 3. The number of benzene rings is 1. The van der Waals surface area contributed by atoms with Crippen molar-refractivity contribution in [2.75, 3.05) is 5.73 Å². The molecule has 0 radical (unpaired) electrons. The maximum absolute atomic E-state index is 11.8. The van der Waals surface area contributed by atoms with Crippen molar-refractivity contribution in [1.29, 1.82) is 0 Å². The van der Waals surface area contributed by atoms with Crippen molar-refractivity contribution in [3.8, 4) is 0 Å². The zero-order valence-corrected chi connectivity index (χ0v) is 11.7. The highest BCUT2D eigenvalue weighted by Crippen LogP contribution is 2.26. The Labute approximate surface area is 122 Å². The Morgan fingerprint density at radius 1 is 1.19 bits per heavy atom. The van der Waals surface area contributed by atoms with Gasteiger partial charge in [0.15, 0.2) is 11.2 Å². The number of thiophene rings is 1. The Kier molecular flexibility index (Phi) is 2.55. The van der Waals surface area contributed by atoms with Gasteiger partial charge in [-0.1, -0.05) is 18.2 Å². The molecule has 3 heterocycles. The van der Waals surface area contributed by atoms with Gasteiger partial charge >= 0.3 is 0 Å². The molecule has 0 bridgehead atoms. The van der Waals surface area contributed by atoms with Crippen molar-refractivity contribution in [2.45, 2.75) is 6.42 Å². The molecule has 0 aliphatic rings. The lowest BCUT2D eigenvalue weighted by Crippen LogP contribution is -2.10. The number of nitrogen functional groups attached to an aromatic ring is 1. The minimum atomic E-state index is -0.299. The number of imidazole rings is 1. The van der Waals surface area contributed by atoms with Crippen LogP contribution in [0.2, 0.25) is 0 Å². The molecule has 4 aromatic rings. The summed E-state index contributed by atoms with van der Waals surface area (Å²) in [6.07, 6.45) is 0.634. The topological polar surface area (TPSA) is 100 Å². The summed E-state index contributed by atoms with van der Waals surface area (Å²) in [6.45, 7) is 0. The maximum atomic E-state index is 11.8. The van der Waals surface area contributed by atoms with E-state index in [4.69, 9.17) is 5.73 Å². The Bertz CT molecular complexity index is 980. The number of hydrogen-bond acceptors (Lipinski definition) is 5. The Hall–Kier alpha value is -2.67. The zero-order chi connectivity index (χ0) is 14.4. The summed E-state index contributed by atoms with van der Waals surface area (Å²) in [5.41, 5.74) is 5.94. The van der Waals surface area contributed by atoms with Gasteiger partial charge in [0.05, 0.1) is 0 Å². The van der Waals surface area contributed by atoms with Crippen molar-refractivity contribution in [1.82, 2.24) is 19.9 Å². The van der Waals surface area contributed by atoms with Crippen LogP contribution in [0.15, 0.2) is 35.1 Å². The van der Waals surface area contributed by atoms with Gasteiger partial charge in [-0.25, -0.2) is 4.98 Å². The van der Waals surface area contributed by atoms with Crippen molar-refractivity contribution < 1.29 is 0 Å². The SMILES string of the molecule is Nc1nc2nc(Cc3cc4ccccc4s3)[nH]c2c(=O)[nH]1. The average Bonchev–Trinajstić information content (AvgIpc) is 3.01. The number of H-pyrrole nitrogens is 2. The fraction of sp³-hybridized carbons (Fsp3) is 0.0714. The van der Waals surface area contributed by atoms with Gasteiger partial charge in [0.2, 0.25) is 5.95 Å². The van der Waals surface area contributed by atoms with Crippen LogP contribution in [-0.2, 0) is 6.42 Å². The highest BCUT2D eigenvalue weighted by Gasteiger charge is 2.10. The van der Waals surface area contributed by atoms with Crippen LogP contribution >= 0.6 is 11.3 Å². The molecule has 1 aromatic carbocycles. The maximum Gasteiger partial charge on any atom is 0.278 e. The molecule has 21 heavy (non-hydrogen) atoms. The van der Waals surface area contributed by atoms with Crippen molar-refractivity contribution >= 4 is 38.5 Å². The molecule has 4 N–H and O–H groups in total. The minimum Gasteiger partial charge on any atom is -0.369 e. The first-order valence-corrected chi connectivity index (χ1v) is 7.22. The summed E-state index contributed by atoms with van der Waals surface area (Å²) in [6, 6.07) is 10.4. The van der Waals surface area contributed by atoms with Gasteiger partial charge in [-0.2, -0.15) is 4.98 Å². The van der Waals surface area contributed by atoms with Crippen LogP contribution in [0, 0.1) is 0 Å². The van der Waals surface area contributed by atoms with E-state index >= 15 is 0 Å². The van der Waals surface area contributed by atoms with Gasteiger partial charge in [0, 0.05) is 16.0 Å². The molecule has 0 saturated heterocycles. The number of fused-ring (bicyclic) bond motifs is 2. The molecular formula is C14H11N5OS. The molecule has 0 saturated carbocycles. The first-order valence-electron chi connectivity index (χ1n) is 6.41. The van der Waals surface area contributed by atoms with Crippen molar-refractivity contribution in [3.05, 3.63) is 51.4 Å². The number of anilines is 1. The Morgan fingerprint density at radius 3 is 2.90 bits per heavy atom. The summed E-state index contributed by atoms with van der Waals surface area (Å²) >= 11 is 1.72. The largest absolute Gasteiger partial charge is 0.369 e. The number of nitrogens with one attached hydrogen (secondary N) is 2. The fourth-order valence-corrected chi connectivity index (χ4v) is 3.41. The average molecular weight is 297 g/mol. The molecule has 6 nitrogen and oxygen atoms in total. The van der Waals surface area contributed by atoms with Gasteiger partial charge < -0.3 is 10.7 Å². The quantitative estimate of drug-likeness (QED) is 0.527. The first-order chi connectivity index (χ1) is 10.2. The van der Waals surface area contributed by atoms with Crippen LogP contribution in [0.5, 0.6) is 0 Å². The molecule has 3 aromatic heterocycles. The van der Waals surface area contributed by atoms with E-state index in [0.29, 0.717) is 23.4 Å². The molecule has 0 spiro atoms. The van der Waals surface area contributed by atoms with Crippen LogP contribution in [0.4, 0.5) is 5.95 Å². The molecule has 0 amide bonds. The second kappa shape index (κ2) is 4.42. The summed E-state index contributed by atoms with van der Waals surface area (Å²) in [5.74, 6) is 0.785. The third-order valence-corrected chi connectivity index (χ3v) is 4.36. The highest BCUT2D eigenvalue weighted by atomic mass is 32.1. The molecule has 0 unspecified atom stereocenters. The van der Waals surface area contributed by atoms with E-state index in [0.717, 1.165) is 0 Å². The highest BCUT2D eigenvalue weighted by molar-refractivity contribution is 7.19. The molecular weight excluding hydrogens is 286 g/mol. The van der Waals surface area contributed by atoms with E-state index in [1.165, 1.54) is 15.0 Å². The van der Waals surface area contributed by atoms with Crippen LogP contribution < -0.4 is 11.3 Å². The van der Waals surface area contributed by atoms with Gasteiger partial charge in [-0.15, -0.1) is 11.3 Å². The lowest BCUT2D eigenvalue weighted by Gasteiger charge is -1.90. The standard InChI is InChI=1S/C14H11N5OS/c15-14-18-12-11(13(20)19-14)16-10(17-12)6-8-5-7-3-1-2-4-9(7)21-8/h1-5H,6H2,(H4,15,16,17,18,19,20). The number of aromatic amines is 2. The Morgan fingerprint density at radius 2 is 2.05 bits per heavy atom. The normalized spacial score (nSPS) is 11.4. The second-order valence-electron chi connectivity index (χ2n) is 4.76. The molecule has 4 rings (SSSR count). The summed E-state index contributed by atoms with van der Waals surface area (Å²) in [4.78, 5) is 26.8. The summed E-state index contributed by atoms with van der Waals surface area (Å²) in [7, 11) is 0. The van der Waals surface area contributed by atoms with E-state index in [9.17, 15) is 4.79 Å². The predicted molar refractivity (Wildman–Crippen MR) is 83.6 cm³/mol. The van der Waals surface area contributed by atoms with E-state index in [1.54, 1.807) is 11.3 Å². The van der Waals surface area contributed by atoms with E-state index in [-0.39, 0.29) is 11.5 Å². The third-order valence-electron chi connectivity index (χ3n) is 3.25. The van der Waals surface area contributed by atoms with Crippen molar-refractivity contribution in [2.24, 2.45) is 0 Å². The molecule has 7 heteroatoms. The summed E-state index contributed by atoms with van der Waals surface area (Å²) < 4.78 is 1.24. The zero-order valence-electron chi connectivity index (χ0n) is 10.9. The van der Waals surface area contributed by atoms with Gasteiger partial charge in [-0.3, -0.25) is 9.78 Å². The number of nitrogens with zero attached hydrogens (tertiary/aromatic N) is 2. The Balaban J connectivity index is 1.76. The minimum absolute atomic E-state index is 0.0763. The van der Waals surface area contributed by atoms with Crippen LogP contribution in [0.3, 0.4) is 0 Å². The smallest absolute Gasteiger partial charge is 0.278 e. The fourth-order valence-electron chi connectivity index (χ4n) is 2.34. The van der Waals surface area contributed by atoms with Gasteiger partial charge in [0.25, 0.3) is 5.56 Å². The lowest BCUT2D eigenvalue weighted by atomic mass is 10.2. The first kappa shape index (κ1) is 12.1. The van der Waals surface area contributed by atoms with Crippen LogP contribution in [-0.4, -0.2) is 19.9 Å². The second-order valence-corrected chi connectivity index (χ2v) is 5.93. The van der Waals surface area contributed by atoms with E-state index in [1.807, 2.05) is 12.1 Å². The predicted octanol–water partition coefficient (Wildman–Crippen LogP) is 2.03. The van der Waals surface area contributed by atoms with E-state index in [2.05, 4.69) is 38.1 Å². The van der Waals surface area contributed by atoms with Gasteiger partial charge in [-0.05, 0) is 17.5 Å². The molecule has 0 fully saturated rings. The molecule has 104 valence electrons. The van der Waals surface area contributed by atoms with Gasteiger partial charge in [0.1, 0.15) is 5.82 Å². The van der Waals surface area contributed by atoms with Crippen LogP contribution in [0.25, 0.3) is 21.3 Å². The monoisotopic (exact) mass is 297 g/mol. The number of aromatic nitrogens is 4.